The molecular weight excluding hydrogens is 180 g/mol. The molecule has 1 rings (SSSR count). The van der Waals surface area contributed by atoms with Crippen molar-refractivity contribution >= 4 is 5.97 Å². The van der Waals surface area contributed by atoms with E-state index in [0.29, 0.717) is 6.61 Å². The van der Waals surface area contributed by atoms with Crippen LogP contribution in [0.25, 0.3) is 0 Å². The first kappa shape index (κ1) is 11.2. The van der Waals surface area contributed by atoms with Crippen LogP contribution in [0.15, 0.2) is 11.6 Å². The summed E-state index contributed by atoms with van der Waals surface area (Å²) < 4.78 is 4.97. The fraction of sp³-hybridized carbons (Fsp3) is 0.727. The third-order valence-corrected chi connectivity index (χ3v) is 2.67. The first-order valence-electron chi connectivity index (χ1n) is 5.13. The van der Waals surface area contributed by atoms with Crippen LogP contribution < -0.4 is 0 Å². The topological polar surface area (TPSA) is 46.5 Å². The van der Waals surface area contributed by atoms with Crippen molar-refractivity contribution in [3.63, 3.8) is 0 Å². The Labute approximate surface area is 84.8 Å². The minimum Gasteiger partial charge on any atom is -0.466 e. The Morgan fingerprint density at radius 3 is 3.00 bits per heavy atom. The summed E-state index contributed by atoms with van der Waals surface area (Å²) >= 11 is 0. The van der Waals surface area contributed by atoms with E-state index >= 15 is 0 Å². The van der Waals surface area contributed by atoms with Crippen LogP contribution in [0.5, 0.6) is 0 Å². The third kappa shape index (κ3) is 2.58. The van der Waals surface area contributed by atoms with Crippen molar-refractivity contribution in [3.8, 4) is 0 Å². The molecule has 14 heavy (non-hydrogen) atoms. The average Bonchev–Trinajstić information content (AvgIpc) is 2.18. The molecule has 2 unspecified atom stereocenters. The Morgan fingerprint density at radius 2 is 2.43 bits per heavy atom. The van der Waals surface area contributed by atoms with Crippen LogP contribution in [-0.4, -0.2) is 24.3 Å². The van der Waals surface area contributed by atoms with Crippen LogP contribution in [-0.2, 0) is 9.53 Å². The van der Waals surface area contributed by atoms with Crippen molar-refractivity contribution in [1.82, 2.24) is 0 Å². The standard InChI is InChI=1S/C11H18O3/c1-3-14-11(13)10-6-8(2)4-5-9(10)7-12/h6,9-10,12H,3-5,7H2,1-2H3. The third-order valence-electron chi connectivity index (χ3n) is 2.67. The molecule has 2 atom stereocenters. The van der Waals surface area contributed by atoms with Gasteiger partial charge in [0.2, 0.25) is 0 Å². The fourth-order valence-corrected chi connectivity index (χ4v) is 1.82. The molecule has 0 bridgehead atoms. The van der Waals surface area contributed by atoms with E-state index in [9.17, 15) is 4.79 Å². The number of aliphatic hydroxyl groups is 1. The molecule has 1 aliphatic rings. The number of hydrogen-bond donors (Lipinski definition) is 1. The second-order valence-corrected chi connectivity index (χ2v) is 3.77. The molecule has 0 spiro atoms. The fourth-order valence-electron chi connectivity index (χ4n) is 1.82. The number of ether oxygens (including phenoxy) is 1. The quantitative estimate of drug-likeness (QED) is 0.552. The monoisotopic (exact) mass is 198 g/mol. The van der Waals surface area contributed by atoms with E-state index in [1.54, 1.807) is 6.92 Å². The number of allylic oxidation sites excluding steroid dienone is 1. The highest BCUT2D eigenvalue weighted by Crippen LogP contribution is 2.29. The highest BCUT2D eigenvalue weighted by atomic mass is 16.5. The molecule has 0 radical (unpaired) electrons. The van der Waals surface area contributed by atoms with Crippen LogP contribution in [0.1, 0.15) is 26.7 Å². The van der Waals surface area contributed by atoms with E-state index in [2.05, 4.69) is 0 Å². The van der Waals surface area contributed by atoms with Crippen molar-refractivity contribution in [2.45, 2.75) is 26.7 Å². The smallest absolute Gasteiger partial charge is 0.313 e. The molecule has 0 aromatic rings. The highest BCUT2D eigenvalue weighted by molar-refractivity contribution is 5.75. The zero-order valence-electron chi connectivity index (χ0n) is 8.82. The maximum atomic E-state index is 11.5. The maximum Gasteiger partial charge on any atom is 0.313 e. The summed E-state index contributed by atoms with van der Waals surface area (Å²) in [5.74, 6) is -0.406. The predicted octanol–water partition coefficient (Wildman–Crippen LogP) is 1.51. The van der Waals surface area contributed by atoms with E-state index in [1.165, 1.54) is 5.57 Å². The summed E-state index contributed by atoms with van der Waals surface area (Å²) in [6.45, 7) is 4.28. The molecule has 1 N–H and O–H groups in total. The molecule has 0 fully saturated rings. The van der Waals surface area contributed by atoms with E-state index in [-0.39, 0.29) is 24.4 Å². The number of carbonyl (C=O) groups is 1. The molecule has 3 nitrogen and oxygen atoms in total. The molecule has 0 heterocycles. The van der Waals surface area contributed by atoms with Gasteiger partial charge in [-0.1, -0.05) is 11.6 Å². The van der Waals surface area contributed by atoms with Gasteiger partial charge in [0.1, 0.15) is 0 Å². The van der Waals surface area contributed by atoms with Gasteiger partial charge < -0.3 is 9.84 Å². The molecule has 80 valence electrons. The molecule has 1 aliphatic carbocycles. The first-order chi connectivity index (χ1) is 6.69. The van der Waals surface area contributed by atoms with E-state index < -0.39 is 0 Å². The minimum atomic E-state index is -0.242. The number of esters is 1. The zero-order valence-corrected chi connectivity index (χ0v) is 8.82. The normalized spacial score (nSPS) is 26.9. The van der Waals surface area contributed by atoms with Crippen molar-refractivity contribution < 1.29 is 14.6 Å². The molecule has 0 aliphatic heterocycles. The molecular formula is C11H18O3. The van der Waals surface area contributed by atoms with Crippen molar-refractivity contribution in [3.05, 3.63) is 11.6 Å². The molecule has 0 aromatic heterocycles. The maximum absolute atomic E-state index is 11.5. The zero-order chi connectivity index (χ0) is 10.6. The van der Waals surface area contributed by atoms with Gasteiger partial charge in [-0.3, -0.25) is 4.79 Å². The van der Waals surface area contributed by atoms with Crippen LogP contribution in [0.4, 0.5) is 0 Å². The van der Waals surface area contributed by atoms with Crippen molar-refractivity contribution in [1.29, 1.82) is 0 Å². The summed E-state index contributed by atoms with van der Waals surface area (Å²) in [4.78, 5) is 11.5. The lowest BCUT2D eigenvalue weighted by atomic mass is 9.81. The second kappa shape index (κ2) is 5.15. The summed E-state index contributed by atoms with van der Waals surface area (Å²) in [6.07, 6.45) is 3.78. The molecule has 0 aromatic carbocycles. The van der Waals surface area contributed by atoms with Gasteiger partial charge in [0.05, 0.1) is 12.5 Å². The molecule has 0 saturated carbocycles. The molecule has 3 heteroatoms. The summed E-state index contributed by atoms with van der Waals surface area (Å²) in [5, 5.41) is 9.13. The average molecular weight is 198 g/mol. The lowest BCUT2D eigenvalue weighted by Crippen LogP contribution is -2.29. The van der Waals surface area contributed by atoms with Gasteiger partial charge in [-0.25, -0.2) is 0 Å². The van der Waals surface area contributed by atoms with Crippen LogP contribution in [0.2, 0.25) is 0 Å². The van der Waals surface area contributed by atoms with Crippen molar-refractivity contribution in [2.24, 2.45) is 11.8 Å². The molecule has 0 saturated heterocycles. The van der Waals surface area contributed by atoms with Gasteiger partial charge in [-0.2, -0.15) is 0 Å². The van der Waals surface area contributed by atoms with Gasteiger partial charge in [-0.05, 0) is 32.6 Å². The largest absolute Gasteiger partial charge is 0.466 e. The summed E-state index contributed by atoms with van der Waals surface area (Å²) in [6, 6.07) is 0. The Hall–Kier alpha value is -0.830. The van der Waals surface area contributed by atoms with Gasteiger partial charge >= 0.3 is 5.97 Å². The number of aliphatic hydroxyl groups excluding tert-OH is 1. The second-order valence-electron chi connectivity index (χ2n) is 3.77. The van der Waals surface area contributed by atoms with E-state index in [0.717, 1.165) is 12.8 Å². The van der Waals surface area contributed by atoms with Crippen LogP contribution >= 0.6 is 0 Å². The van der Waals surface area contributed by atoms with Gasteiger partial charge in [0, 0.05) is 6.61 Å². The Balaban J connectivity index is 2.70. The Kier molecular flexibility index (Phi) is 4.14. The van der Waals surface area contributed by atoms with E-state index in [4.69, 9.17) is 9.84 Å². The summed E-state index contributed by atoms with van der Waals surface area (Å²) in [5.41, 5.74) is 1.22. The minimum absolute atomic E-state index is 0.0396. The van der Waals surface area contributed by atoms with Crippen molar-refractivity contribution in [2.75, 3.05) is 13.2 Å². The number of carbonyl (C=O) groups excluding carboxylic acids is 1. The number of rotatable bonds is 3. The van der Waals surface area contributed by atoms with Gasteiger partial charge in [-0.15, -0.1) is 0 Å². The van der Waals surface area contributed by atoms with Gasteiger partial charge in [0.15, 0.2) is 0 Å². The first-order valence-corrected chi connectivity index (χ1v) is 5.13. The Morgan fingerprint density at radius 1 is 1.71 bits per heavy atom. The molecule has 0 amide bonds. The van der Waals surface area contributed by atoms with Gasteiger partial charge in [0.25, 0.3) is 0 Å². The van der Waals surface area contributed by atoms with Crippen LogP contribution in [0, 0.1) is 11.8 Å². The predicted molar refractivity (Wildman–Crippen MR) is 53.7 cm³/mol. The lowest BCUT2D eigenvalue weighted by molar-refractivity contribution is -0.148. The lowest BCUT2D eigenvalue weighted by Gasteiger charge is -2.26. The highest BCUT2D eigenvalue weighted by Gasteiger charge is 2.29. The van der Waals surface area contributed by atoms with E-state index in [1.807, 2.05) is 13.0 Å². The van der Waals surface area contributed by atoms with Crippen LogP contribution in [0.3, 0.4) is 0 Å². The number of hydrogen-bond acceptors (Lipinski definition) is 3. The summed E-state index contributed by atoms with van der Waals surface area (Å²) in [7, 11) is 0. The Bertz CT molecular complexity index is 233. The SMILES string of the molecule is CCOC(=O)C1C=C(C)CCC1CO.